The lowest BCUT2D eigenvalue weighted by Gasteiger charge is -2.34. The molecular weight excluding hydrogens is 689 g/mol. The molecule has 4 heterocycles. The second kappa shape index (κ2) is 12.7. The third kappa shape index (κ3) is 5.52. The van der Waals surface area contributed by atoms with Crippen molar-refractivity contribution in [1.82, 2.24) is 18.9 Å². The molecule has 0 aliphatic carbocycles. The maximum absolute atomic E-state index is 15.0. The largest absolute Gasteiger partial charge is 0.508 e. The maximum Gasteiger partial charge on any atom is 0.352 e. The standard InChI is InChI=1S/C39H39Cl2N5O5/c1-19-13-25(14-20(2)35(19)41)51-12-8-9-26-27-10-11-29(40)34(33-22(4)42-44(7)23(33)5)36(27)46-21(3)18-45(38(48)37(26)46)31-16-24(47)15-30-28(31)17-32(39(49)50)43(30)6/h10-11,13-17,21,47H,8-9,12,18H2,1-7H3,(H,49,50)/t21-/m1/s1. The molecule has 3 aromatic heterocycles. The zero-order valence-electron chi connectivity index (χ0n) is 29.6. The summed E-state index contributed by atoms with van der Waals surface area (Å²) in [6, 6.07) is 12.1. The van der Waals surface area contributed by atoms with Crippen LogP contribution in [-0.2, 0) is 20.5 Å². The Labute approximate surface area is 305 Å². The number of carboxylic acids is 1. The van der Waals surface area contributed by atoms with Crippen LogP contribution in [0.4, 0.5) is 5.69 Å². The average molecular weight is 729 g/mol. The molecule has 0 radical (unpaired) electrons. The lowest BCUT2D eigenvalue weighted by molar-refractivity contribution is 0.0686. The zero-order chi connectivity index (χ0) is 36.6. The first kappa shape index (κ1) is 34.5. The Morgan fingerprint density at radius 2 is 1.71 bits per heavy atom. The number of fused-ring (bicyclic) bond motifs is 4. The van der Waals surface area contributed by atoms with E-state index in [1.165, 1.54) is 16.7 Å². The highest BCUT2D eigenvalue weighted by Crippen LogP contribution is 2.46. The molecule has 1 atom stereocenters. The van der Waals surface area contributed by atoms with Gasteiger partial charge in [0.25, 0.3) is 5.91 Å². The molecule has 264 valence electrons. The van der Waals surface area contributed by atoms with E-state index in [0.29, 0.717) is 46.8 Å². The monoisotopic (exact) mass is 727 g/mol. The number of rotatable bonds is 8. The van der Waals surface area contributed by atoms with Crippen LogP contribution in [-0.4, -0.2) is 54.2 Å². The van der Waals surface area contributed by atoms with Crippen molar-refractivity contribution < 1.29 is 24.5 Å². The van der Waals surface area contributed by atoms with Gasteiger partial charge in [0.05, 0.1) is 34.0 Å². The van der Waals surface area contributed by atoms with E-state index in [4.69, 9.17) is 27.9 Å². The molecule has 0 saturated heterocycles. The Morgan fingerprint density at radius 3 is 2.35 bits per heavy atom. The number of nitrogens with zero attached hydrogens (tertiary/aromatic N) is 5. The number of aromatic hydroxyl groups is 1. The van der Waals surface area contributed by atoms with Crippen LogP contribution < -0.4 is 9.64 Å². The maximum atomic E-state index is 15.0. The van der Waals surface area contributed by atoms with Gasteiger partial charge in [-0.1, -0.05) is 29.3 Å². The van der Waals surface area contributed by atoms with Gasteiger partial charge in [-0.15, -0.1) is 0 Å². The van der Waals surface area contributed by atoms with Gasteiger partial charge < -0.3 is 29.0 Å². The highest BCUT2D eigenvalue weighted by molar-refractivity contribution is 6.35. The van der Waals surface area contributed by atoms with Crippen LogP contribution in [0.15, 0.2) is 42.5 Å². The van der Waals surface area contributed by atoms with Crippen molar-refractivity contribution in [2.24, 2.45) is 14.1 Å². The van der Waals surface area contributed by atoms with E-state index in [1.54, 1.807) is 18.0 Å². The third-order valence-electron chi connectivity index (χ3n) is 10.2. The van der Waals surface area contributed by atoms with Gasteiger partial charge in [0, 0.05) is 71.4 Å². The van der Waals surface area contributed by atoms with Crippen molar-refractivity contribution in [1.29, 1.82) is 0 Å². The number of ether oxygens (including phenoxy) is 1. The first-order valence-electron chi connectivity index (χ1n) is 16.8. The number of phenols is 1. The summed E-state index contributed by atoms with van der Waals surface area (Å²) in [4.78, 5) is 28.7. The molecule has 0 unspecified atom stereocenters. The summed E-state index contributed by atoms with van der Waals surface area (Å²) in [6.07, 6.45) is 1.15. The van der Waals surface area contributed by atoms with Gasteiger partial charge in [-0.25, -0.2) is 4.79 Å². The predicted octanol–water partition coefficient (Wildman–Crippen LogP) is 8.71. The van der Waals surface area contributed by atoms with Crippen molar-refractivity contribution in [2.75, 3.05) is 18.1 Å². The van der Waals surface area contributed by atoms with Crippen molar-refractivity contribution >= 4 is 62.6 Å². The Kier molecular flexibility index (Phi) is 8.58. The van der Waals surface area contributed by atoms with Crippen LogP contribution in [0.1, 0.15) is 68.4 Å². The van der Waals surface area contributed by atoms with Gasteiger partial charge in [-0.2, -0.15) is 5.10 Å². The molecule has 0 bridgehead atoms. The van der Waals surface area contributed by atoms with E-state index in [9.17, 15) is 19.8 Å². The van der Waals surface area contributed by atoms with E-state index in [1.807, 2.05) is 63.7 Å². The molecule has 0 spiro atoms. The zero-order valence-corrected chi connectivity index (χ0v) is 31.1. The molecule has 1 aliphatic rings. The SMILES string of the molecule is Cc1cc(OCCCc2c3n(c4c(-c5c(C)nn(C)c5C)c(Cl)ccc24)[C@H](C)CN(c2cc(O)cc4c2cc(C(=O)O)n4C)C3=O)cc(C)c1Cl. The molecule has 1 amide bonds. The van der Waals surface area contributed by atoms with E-state index in [-0.39, 0.29) is 29.9 Å². The number of benzene rings is 3. The number of phenolic OH excluding ortho intramolecular Hbond substituents is 1. The van der Waals surface area contributed by atoms with Crippen molar-refractivity contribution in [3.05, 3.63) is 92.0 Å². The number of aromatic carboxylic acids is 1. The fraction of sp³-hybridized carbons (Fsp3) is 0.308. The third-order valence-corrected chi connectivity index (χ3v) is 11.1. The second-order valence-corrected chi connectivity index (χ2v) is 14.3. The smallest absolute Gasteiger partial charge is 0.352 e. The number of halogens is 2. The Bertz CT molecular complexity index is 2420. The molecular formula is C39H39Cl2N5O5. The number of carbonyl (C=O) groups excluding carboxylic acids is 1. The molecule has 6 aromatic rings. The van der Waals surface area contributed by atoms with Gasteiger partial charge in [0.15, 0.2) is 0 Å². The number of carboxylic acid groups (broad SMARTS) is 1. The topological polar surface area (TPSA) is 115 Å². The number of hydrogen-bond acceptors (Lipinski definition) is 5. The number of carbonyl (C=O) groups is 2. The van der Waals surface area contributed by atoms with Crippen LogP contribution in [0.25, 0.3) is 32.9 Å². The van der Waals surface area contributed by atoms with Crippen LogP contribution in [0, 0.1) is 27.7 Å². The van der Waals surface area contributed by atoms with Crippen molar-refractivity contribution in [2.45, 2.75) is 53.5 Å². The van der Waals surface area contributed by atoms with Crippen LogP contribution in [0.2, 0.25) is 10.0 Å². The second-order valence-electron chi connectivity index (χ2n) is 13.6. The molecule has 51 heavy (non-hydrogen) atoms. The van der Waals surface area contributed by atoms with Crippen LogP contribution in [0.3, 0.4) is 0 Å². The van der Waals surface area contributed by atoms with Gasteiger partial charge in [-0.3, -0.25) is 9.48 Å². The van der Waals surface area contributed by atoms with E-state index in [2.05, 4.69) is 16.6 Å². The normalized spacial score (nSPS) is 14.6. The molecule has 0 saturated carbocycles. The summed E-state index contributed by atoms with van der Waals surface area (Å²) in [5, 5.41) is 28.1. The lowest BCUT2D eigenvalue weighted by Crippen LogP contribution is -2.42. The molecule has 3 aromatic carbocycles. The summed E-state index contributed by atoms with van der Waals surface area (Å²) >= 11 is 13.4. The minimum atomic E-state index is -1.10. The summed E-state index contributed by atoms with van der Waals surface area (Å²) in [6.45, 7) is 10.6. The summed E-state index contributed by atoms with van der Waals surface area (Å²) in [5.74, 6) is -0.680. The highest BCUT2D eigenvalue weighted by Gasteiger charge is 2.37. The molecule has 12 heteroatoms. The molecule has 10 nitrogen and oxygen atoms in total. The van der Waals surface area contributed by atoms with Gasteiger partial charge >= 0.3 is 5.97 Å². The van der Waals surface area contributed by atoms with Gasteiger partial charge in [-0.05, 0) is 88.4 Å². The van der Waals surface area contributed by atoms with Crippen molar-refractivity contribution in [3.8, 4) is 22.6 Å². The lowest BCUT2D eigenvalue weighted by atomic mass is 9.98. The quantitative estimate of drug-likeness (QED) is 0.152. The number of hydrogen-bond donors (Lipinski definition) is 2. The van der Waals surface area contributed by atoms with Crippen LogP contribution in [0.5, 0.6) is 11.5 Å². The van der Waals surface area contributed by atoms with E-state index < -0.39 is 5.97 Å². The van der Waals surface area contributed by atoms with Crippen molar-refractivity contribution in [3.63, 3.8) is 0 Å². The number of aromatic nitrogens is 4. The van der Waals surface area contributed by atoms with Gasteiger partial charge in [0.1, 0.15) is 22.9 Å². The fourth-order valence-electron chi connectivity index (χ4n) is 7.76. The molecule has 7 rings (SSSR count). The summed E-state index contributed by atoms with van der Waals surface area (Å²) < 4.78 is 11.6. The Hall–Kier alpha value is -4.93. The highest BCUT2D eigenvalue weighted by atomic mass is 35.5. The number of amides is 1. The van der Waals surface area contributed by atoms with Gasteiger partial charge in [0.2, 0.25) is 0 Å². The first-order valence-corrected chi connectivity index (χ1v) is 17.6. The first-order chi connectivity index (χ1) is 24.2. The summed E-state index contributed by atoms with van der Waals surface area (Å²) in [5.41, 5.74) is 8.70. The fourth-order valence-corrected chi connectivity index (χ4v) is 8.12. The minimum Gasteiger partial charge on any atom is -0.508 e. The van der Waals surface area contributed by atoms with E-state index in [0.717, 1.165) is 60.9 Å². The predicted molar refractivity (Wildman–Crippen MR) is 201 cm³/mol. The molecule has 0 fully saturated rings. The average Bonchev–Trinajstić information content (AvgIpc) is 3.67. The number of aryl methyl sites for hydroxylation is 6. The Balaban J connectivity index is 1.39. The molecule has 2 N–H and O–H groups in total. The minimum absolute atomic E-state index is 0.0525. The summed E-state index contributed by atoms with van der Waals surface area (Å²) in [7, 11) is 3.54. The number of anilines is 1. The molecule has 1 aliphatic heterocycles. The van der Waals surface area contributed by atoms with E-state index >= 15 is 0 Å². The Morgan fingerprint density at radius 1 is 1.00 bits per heavy atom. The van der Waals surface area contributed by atoms with Crippen LogP contribution >= 0.6 is 23.2 Å².